The third kappa shape index (κ3) is 5.69. The molecule has 2 amide bonds. The standard InChI is InChI=1S/C29H31N3O4/c1-20(21-7-9-23(10-8-21)22-5-3-2-4-6-22)30-28(33)18-32-15-13-24(14-16-32)29(34)31-25-11-12-26-27(17-25)36-19-35-26/h2-12,17,20,24H,13-16,18-19H2,1H3,(H,30,33)(H,31,34)/t20-/m1/s1. The highest BCUT2D eigenvalue weighted by Crippen LogP contribution is 2.34. The molecular weight excluding hydrogens is 454 g/mol. The number of amides is 2. The van der Waals surface area contributed by atoms with Crippen LogP contribution in [0.4, 0.5) is 5.69 Å². The molecule has 2 heterocycles. The van der Waals surface area contributed by atoms with E-state index in [2.05, 4.69) is 51.9 Å². The lowest BCUT2D eigenvalue weighted by Crippen LogP contribution is -2.43. The number of likely N-dealkylation sites (tertiary alicyclic amines) is 1. The number of nitrogens with one attached hydrogen (secondary N) is 2. The smallest absolute Gasteiger partial charge is 0.234 e. The maximum absolute atomic E-state index is 12.7. The summed E-state index contributed by atoms with van der Waals surface area (Å²) in [4.78, 5) is 27.5. The van der Waals surface area contributed by atoms with Crippen LogP contribution in [0, 0.1) is 5.92 Å². The van der Waals surface area contributed by atoms with E-state index in [1.54, 1.807) is 12.1 Å². The summed E-state index contributed by atoms with van der Waals surface area (Å²) in [6, 6.07) is 23.9. The van der Waals surface area contributed by atoms with Gasteiger partial charge in [0.25, 0.3) is 0 Å². The molecule has 186 valence electrons. The van der Waals surface area contributed by atoms with Gasteiger partial charge in [-0.3, -0.25) is 14.5 Å². The number of hydrogen-bond donors (Lipinski definition) is 2. The van der Waals surface area contributed by atoms with Crippen molar-refractivity contribution in [3.63, 3.8) is 0 Å². The highest BCUT2D eigenvalue weighted by molar-refractivity contribution is 5.93. The molecule has 0 unspecified atom stereocenters. The Morgan fingerprint density at radius 3 is 2.36 bits per heavy atom. The predicted molar refractivity (Wildman–Crippen MR) is 139 cm³/mol. The van der Waals surface area contributed by atoms with Crippen molar-refractivity contribution in [2.45, 2.75) is 25.8 Å². The summed E-state index contributed by atoms with van der Waals surface area (Å²) < 4.78 is 10.7. The molecule has 1 saturated heterocycles. The topological polar surface area (TPSA) is 79.9 Å². The van der Waals surface area contributed by atoms with E-state index < -0.39 is 0 Å². The first kappa shape index (κ1) is 23.9. The minimum atomic E-state index is -0.0765. The Labute approximate surface area is 211 Å². The van der Waals surface area contributed by atoms with Crippen LogP contribution in [0.5, 0.6) is 11.5 Å². The number of benzene rings is 3. The van der Waals surface area contributed by atoms with Crippen molar-refractivity contribution in [3.05, 3.63) is 78.4 Å². The molecule has 0 radical (unpaired) electrons. The highest BCUT2D eigenvalue weighted by Gasteiger charge is 2.26. The van der Waals surface area contributed by atoms with Gasteiger partial charge in [-0.15, -0.1) is 0 Å². The maximum Gasteiger partial charge on any atom is 0.234 e. The number of fused-ring (bicyclic) bond motifs is 1. The average Bonchev–Trinajstić information content (AvgIpc) is 3.37. The first-order valence-electron chi connectivity index (χ1n) is 12.4. The minimum absolute atomic E-state index is 0.00195. The van der Waals surface area contributed by atoms with Crippen LogP contribution >= 0.6 is 0 Å². The number of nitrogens with zero attached hydrogens (tertiary/aromatic N) is 1. The van der Waals surface area contributed by atoms with Gasteiger partial charge in [0.1, 0.15) is 0 Å². The van der Waals surface area contributed by atoms with Crippen molar-refractivity contribution in [1.29, 1.82) is 0 Å². The van der Waals surface area contributed by atoms with Gasteiger partial charge in [0, 0.05) is 17.7 Å². The molecule has 3 aromatic carbocycles. The van der Waals surface area contributed by atoms with Gasteiger partial charge < -0.3 is 20.1 Å². The molecule has 0 aliphatic carbocycles. The van der Waals surface area contributed by atoms with Gasteiger partial charge in [0.2, 0.25) is 18.6 Å². The number of rotatable bonds is 7. The van der Waals surface area contributed by atoms with Crippen LogP contribution < -0.4 is 20.1 Å². The Morgan fingerprint density at radius 1 is 0.917 bits per heavy atom. The van der Waals surface area contributed by atoms with Crippen molar-refractivity contribution in [2.75, 3.05) is 31.7 Å². The molecule has 0 aromatic heterocycles. The fraction of sp³-hybridized carbons (Fsp3) is 0.310. The molecule has 36 heavy (non-hydrogen) atoms. The summed E-state index contributed by atoms with van der Waals surface area (Å²) in [5.41, 5.74) is 4.11. The largest absolute Gasteiger partial charge is 0.454 e. The average molecular weight is 486 g/mol. The number of piperidine rings is 1. The summed E-state index contributed by atoms with van der Waals surface area (Å²) in [6.45, 7) is 3.97. The van der Waals surface area contributed by atoms with Gasteiger partial charge in [-0.2, -0.15) is 0 Å². The van der Waals surface area contributed by atoms with E-state index in [1.807, 2.05) is 31.2 Å². The summed E-state index contributed by atoms with van der Waals surface area (Å²) in [7, 11) is 0. The third-order valence-electron chi connectivity index (χ3n) is 6.86. The molecule has 2 aliphatic heterocycles. The zero-order valence-corrected chi connectivity index (χ0v) is 20.4. The molecule has 5 rings (SSSR count). The van der Waals surface area contributed by atoms with E-state index in [1.165, 1.54) is 5.56 Å². The van der Waals surface area contributed by atoms with Gasteiger partial charge >= 0.3 is 0 Å². The summed E-state index contributed by atoms with van der Waals surface area (Å²) >= 11 is 0. The van der Waals surface area contributed by atoms with Gasteiger partial charge in [-0.05, 0) is 61.7 Å². The molecule has 1 atom stereocenters. The molecule has 7 nitrogen and oxygen atoms in total. The van der Waals surface area contributed by atoms with Crippen LogP contribution in [0.25, 0.3) is 11.1 Å². The SMILES string of the molecule is C[C@@H](NC(=O)CN1CCC(C(=O)Nc2ccc3c(c2)OCO3)CC1)c1ccc(-c2ccccc2)cc1. The van der Waals surface area contributed by atoms with E-state index in [0.717, 1.165) is 24.0 Å². The highest BCUT2D eigenvalue weighted by atomic mass is 16.7. The second-order valence-corrected chi connectivity index (χ2v) is 9.38. The number of carbonyl (C=O) groups excluding carboxylic acids is 2. The lowest BCUT2D eigenvalue weighted by molar-refractivity contribution is -0.124. The number of anilines is 1. The fourth-order valence-electron chi connectivity index (χ4n) is 4.74. The van der Waals surface area contributed by atoms with Crippen LogP contribution in [-0.2, 0) is 9.59 Å². The van der Waals surface area contributed by atoms with Crippen LogP contribution in [0.15, 0.2) is 72.8 Å². The third-order valence-corrected chi connectivity index (χ3v) is 6.86. The van der Waals surface area contributed by atoms with Crippen LogP contribution in [0.2, 0.25) is 0 Å². The molecular formula is C29H31N3O4. The second kappa shape index (κ2) is 10.8. The van der Waals surface area contributed by atoms with Gasteiger partial charge in [0.05, 0.1) is 12.6 Å². The van der Waals surface area contributed by atoms with Crippen molar-refractivity contribution >= 4 is 17.5 Å². The lowest BCUT2D eigenvalue weighted by Gasteiger charge is -2.31. The van der Waals surface area contributed by atoms with Crippen molar-refractivity contribution < 1.29 is 19.1 Å². The molecule has 0 saturated carbocycles. The Morgan fingerprint density at radius 2 is 1.61 bits per heavy atom. The Balaban J connectivity index is 1.06. The van der Waals surface area contributed by atoms with Crippen LogP contribution in [-0.4, -0.2) is 43.1 Å². The van der Waals surface area contributed by atoms with Gasteiger partial charge in [-0.1, -0.05) is 54.6 Å². The molecule has 0 bridgehead atoms. The van der Waals surface area contributed by atoms with E-state index in [4.69, 9.17) is 9.47 Å². The zero-order chi connectivity index (χ0) is 24.9. The monoisotopic (exact) mass is 485 g/mol. The van der Waals surface area contributed by atoms with Crippen molar-refractivity contribution in [1.82, 2.24) is 10.2 Å². The van der Waals surface area contributed by atoms with Crippen molar-refractivity contribution in [3.8, 4) is 22.6 Å². The minimum Gasteiger partial charge on any atom is -0.454 e. The van der Waals surface area contributed by atoms with E-state index >= 15 is 0 Å². The van der Waals surface area contributed by atoms with E-state index in [-0.39, 0.29) is 30.6 Å². The summed E-state index contributed by atoms with van der Waals surface area (Å²) in [6.07, 6.45) is 1.44. The number of ether oxygens (including phenoxy) is 2. The zero-order valence-electron chi connectivity index (χ0n) is 20.4. The van der Waals surface area contributed by atoms with Crippen molar-refractivity contribution in [2.24, 2.45) is 5.92 Å². The molecule has 3 aromatic rings. The normalized spacial score (nSPS) is 16.4. The van der Waals surface area contributed by atoms with E-state index in [0.29, 0.717) is 36.8 Å². The molecule has 7 heteroatoms. The predicted octanol–water partition coefficient (Wildman–Crippen LogP) is 4.61. The van der Waals surface area contributed by atoms with Gasteiger partial charge in [-0.25, -0.2) is 0 Å². The van der Waals surface area contributed by atoms with Crippen LogP contribution in [0.1, 0.15) is 31.4 Å². The molecule has 1 fully saturated rings. The molecule has 2 N–H and O–H groups in total. The number of hydrogen-bond acceptors (Lipinski definition) is 5. The Hall–Kier alpha value is -3.84. The Kier molecular flexibility index (Phi) is 7.18. The van der Waals surface area contributed by atoms with Gasteiger partial charge in [0.15, 0.2) is 11.5 Å². The first-order valence-corrected chi connectivity index (χ1v) is 12.4. The molecule has 0 spiro atoms. The van der Waals surface area contributed by atoms with Crippen LogP contribution in [0.3, 0.4) is 0 Å². The lowest BCUT2D eigenvalue weighted by atomic mass is 9.95. The molecule has 2 aliphatic rings. The maximum atomic E-state index is 12.7. The Bertz CT molecular complexity index is 1200. The summed E-state index contributed by atoms with van der Waals surface area (Å²) in [5.74, 6) is 1.27. The number of carbonyl (C=O) groups is 2. The second-order valence-electron chi connectivity index (χ2n) is 9.38. The fourth-order valence-corrected chi connectivity index (χ4v) is 4.74. The first-order chi connectivity index (χ1) is 17.5. The quantitative estimate of drug-likeness (QED) is 0.511. The summed E-state index contributed by atoms with van der Waals surface area (Å²) in [5, 5.41) is 6.09. The van der Waals surface area contributed by atoms with E-state index in [9.17, 15) is 9.59 Å².